The predicted molar refractivity (Wildman–Crippen MR) is 110 cm³/mol. The number of nitrogens with one attached hydrogen (secondary N) is 1. The standard InChI is InChI=1S/C21H22N4OS/c1-14-4-5-18(12-23-14)16-6-8-17(9-7-16)20-10-19(26-25-20)11-21(27-3)15(2)24-13-22/h4-9,12,19,21,24H,2,10-11H2,1,3H3. The molecule has 1 aromatic heterocycles. The summed E-state index contributed by atoms with van der Waals surface area (Å²) in [5.74, 6) is 0. The second-order valence-corrected chi connectivity index (χ2v) is 7.50. The fourth-order valence-corrected chi connectivity index (χ4v) is 3.74. The van der Waals surface area contributed by atoms with Gasteiger partial charge in [-0.3, -0.25) is 10.3 Å². The van der Waals surface area contributed by atoms with Crippen LogP contribution < -0.4 is 5.32 Å². The topological polar surface area (TPSA) is 70.3 Å². The van der Waals surface area contributed by atoms with Crippen LogP contribution in [0.1, 0.15) is 24.1 Å². The van der Waals surface area contributed by atoms with Crippen molar-refractivity contribution in [3.8, 4) is 17.3 Å². The van der Waals surface area contributed by atoms with Crippen molar-refractivity contribution in [2.24, 2.45) is 5.16 Å². The number of nitriles is 1. The minimum Gasteiger partial charge on any atom is -0.392 e. The summed E-state index contributed by atoms with van der Waals surface area (Å²) in [6.07, 6.45) is 7.33. The number of aryl methyl sites for hydroxylation is 1. The Bertz CT molecular complexity index is 869. The molecule has 0 saturated heterocycles. The van der Waals surface area contributed by atoms with E-state index in [0.717, 1.165) is 40.9 Å². The number of rotatable bonds is 7. The zero-order valence-electron chi connectivity index (χ0n) is 15.5. The zero-order valence-corrected chi connectivity index (χ0v) is 16.3. The van der Waals surface area contributed by atoms with Crippen LogP contribution in [0.5, 0.6) is 0 Å². The van der Waals surface area contributed by atoms with E-state index in [9.17, 15) is 0 Å². The number of pyridine rings is 1. The van der Waals surface area contributed by atoms with Crippen LogP contribution in [0, 0.1) is 18.4 Å². The fraction of sp³-hybridized carbons (Fsp3) is 0.286. The van der Waals surface area contributed by atoms with Gasteiger partial charge in [0, 0.05) is 41.2 Å². The third-order valence-electron chi connectivity index (χ3n) is 4.56. The third-order valence-corrected chi connectivity index (χ3v) is 5.61. The quantitative estimate of drug-likeness (QED) is 0.576. The molecule has 0 radical (unpaired) electrons. The number of hydrogen-bond donors (Lipinski definition) is 1. The number of oxime groups is 1. The van der Waals surface area contributed by atoms with Gasteiger partial charge in [0.25, 0.3) is 0 Å². The maximum absolute atomic E-state index is 8.76. The Labute approximate surface area is 164 Å². The average Bonchev–Trinajstić information content (AvgIpc) is 3.15. The molecule has 1 aliphatic rings. The molecule has 27 heavy (non-hydrogen) atoms. The summed E-state index contributed by atoms with van der Waals surface area (Å²) >= 11 is 1.65. The van der Waals surface area contributed by atoms with Crippen molar-refractivity contribution >= 4 is 17.5 Å². The first-order valence-corrected chi connectivity index (χ1v) is 10.0. The van der Waals surface area contributed by atoms with Gasteiger partial charge in [0.05, 0.1) is 5.71 Å². The fourth-order valence-electron chi connectivity index (χ4n) is 2.99. The van der Waals surface area contributed by atoms with Crippen molar-refractivity contribution < 1.29 is 4.84 Å². The largest absolute Gasteiger partial charge is 0.392 e. The van der Waals surface area contributed by atoms with Gasteiger partial charge in [0.2, 0.25) is 0 Å². The van der Waals surface area contributed by atoms with Crippen molar-refractivity contribution in [3.05, 3.63) is 66.1 Å². The minimum absolute atomic E-state index is 0.00401. The molecule has 1 N–H and O–H groups in total. The maximum atomic E-state index is 8.76. The smallest absolute Gasteiger partial charge is 0.181 e. The van der Waals surface area contributed by atoms with Gasteiger partial charge in [-0.2, -0.15) is 17.0 Å². The van der Waals surface area contributed by atoms with E-state index in [2.05, 4.69) is 52.4 Å². The lowest BCUT2D eigenvalue weighted by molar-refractivity contribution is 0.0802. The summed E-state index contributed by atoms with van der Waals surface area (Å²) in [6.45, 7) is 5.91. The lowest BCUT2D eigenvalue weighted by Gasteiger charge is -2.18. The SMILES string of the molecule is C=C(NC#N)C(CC1CC(c2ccc(-c3ccc(C)nc3)cc2)=NO1)SC. The lowest BCUT2D eigenvalue weighted by atomic mass is 9.99. The Balaban J connectivity index is 1.62. The van der Waals surface area contributed by atoms with E-state index in [4.69, 9.17) is 10.1 Å². The molecule has 0 spiro atoms. The van der Waals surface area contributed by atoms with Crippen molar-refractivity contribution in [2.75, 3.05) is 6.26 Å². The van der Waals surface area contributed by atoms with Gasteiger partial charge in [0.1, 0.15) is 6.10 Å². The maximum Gasteiger partial charge on any atom is 0.181 e. The van der Waals surface area contributed by atoms with Crippen LogP contribution in [0.4, 0.5) is 0 Å². The van der Waals surface area contributed by atoms with E-state index in [-0.39, 0.29) is 11.4 Å². The van der Waals surface area contributed by atoms with Crippen molar-refractivity contribution in [1.82, 2.24) is 10.3 Å². The third kappa shape index (κ3) is 4.69. The predicted octanol–water partition coefficient (Wildman–Crippen LogP) is 4.26. The monoisotopic (exact) mass is 378 g/mol. The summed E-state index contributed by atoms with van der Waals surface area (Å²) in [5.41, 5.74) is 5.96. The first kappa shape index (κ1) is 19.0. The highest BCUT2D eigenvalue weighted by atomic mass is 32.2. The number of nitrogens with zero attached hydrogens (tertiary/aromatic N) is 3. The van der Waals surface area contributed by atoms with Gasteiger partial charge >= 0.3 is 0 Å². The molecule has 0 bridgehead atoms. The highest BCUT2D eigenvalue weighted by molar-refractivity contribution is 7.99. The van der Waals surface area contributed by atoms with Gasteiger partial charge in [0.15, 0.2) is 6.19 Å². The molecule has 1 aliphatic heterocycles. The molecule has 138 valence electrons. The molecule has 1 aromatic carbocycles. The average molecular weight is 379 g/mol. The second-order valence-electron chi connectivity index (χ2n) is 6.46. The van der Waals surface area contributed by atoms with Gasteiger partial charge in [-0.05, 0) is 30.4 Å². The Morgan fingerprint density at radius 3 is 2.63 bits per heavy atom. The van der Waals surface area contributed by atoms with Gasteiger partial charge in [-0.1, -0.05) is 42.1 Å². The van der Waals surface area contributed by atoms with Crippen LogP contribution in [0.3, 0.4) is 0 Å². The summed E-state index contributed by atoms with van der Waals surface area (Å²) in [7, 11) is 0. The summed E-state index contributed by atoms with van der Waals surface area (Å²) in [4.78, 5) is 9.97. The Kier molecular flexibility index (Phi) is 6.15. The molecule has 0 aliphatic carbocycles. The van der Waals surface area contributed by atoms with Crippen LogP contribution in [0.2, 0.25) is 0 Å². The van der Waals surface area contributed by atoms with Crippen LogP contribution in [-0.4, -0.2) is 28.3 Å². The minimum atomic E-state index is -0.00401. The number of aromatic nitrogens is 1. The molecule has 0 saturated carbocycles. The highest BCUT2D eigenvalue weighted by Crippen LogP contribution is 2.27. The Morgan fingerprint density at radius 1 is 1.30 bits per heavy atom. The molecule has 0 amide bonds. The van der Waals surface area contributed by atoms with Crippen LogP contribution in [-0.2, 0) is 4.84 Å². The van der Waals surface area contributed by atoms with Crippen LogP contribution >= 0.6 is 11.8 Å². The van der Waals surface area contributed by atoms with Crippen molar-refractivity contribution in [3.63, 3.8) is 0 Å². The molecule has 0 fully saturated rings. The van der Waals surface area contributed by atoms with Crippen molar-refractivity contribution in [1.29, 1.82) is 5.26 Å². The van der Waals surface area contributed by atoms with Crippen molar-refractivity contribution in [2.45, 2.75) is 31.1 Å². The van der Waals surface area contributed by atoms with Gasteiger partial charge in [-0.25, -0.2) is 0 Å². The molecular weight excluding hydrogens is 356 g/mol. The first-order chi connectivity index (χ1) is 13.1. The Morgan fingerprint density at radius 2 is 2.00 bits per heavy atom. The van der Waals surface area contributed by atoms with Gasteiger partial charge < -0.3 is 4.84 Å². The number of benzene rings is 1. The summed E-state index contributed by atoms with van der Waals surface area (Å²) < 4.78 is 0. The summed E-state index contributed by atoms with van der Waals surface area (Å²) in [5, 5.41) is 15.8. The number of hydrogen-bond acceptors (Lipinski definition) is 6. The lowest BCUT2D eigenvalue weighted by Crippen LogP contribution is -2.23. The Hall–Kier alpha value is -2.78. The molecular formula is C21H22N4OS. The molecule has 5 nitrogen and oxygen atoms in total. The van der Waals surface area contributed by atoms with Gasteiger partial charge in [-0.15, -0.1) is 0 Å². The molecule has 2 unspecified atom stereocenters. The van der Waals surface area contributed by atoms with E-state index in [1.807, 2.05) is 31.6 Å². The van der Waals surface area contributed by atoms with E-state index < -0.39 is 0 Å². The van der Waals surface area contributed by atoms with Crippen LogP contribution in [0.25, 0.3) is 11.1 Å². The molecule has 3 rings (SSSR count). The zero-order chi connectivity index (χ0) is 19.2. The number of thioether (sulfide) groups is 1. The highest BCUT2D eigenvalue weighted by Gasteiger charge is 2.26. The van der Waals surface area contributed by atoms with E-state index in [1.165, 1.54) is 0 Å². The molecule has 2 aromatic rings. The second kappa shape index (κ2) is 8.74. The van der Waals surface area contributed by atoms with Crippen LogP contribution in [0.15, 0.2) is 60.0 Å². The van der Waals surface area contributed by atoms with E-state index in [1.54, 1.807) is 11.8 Å². The first-order valence-electron chi connectivity index (χ1n) is 8.73. The molecule has 2 atom stereocenters. The molecule has 2 heterocycles. The van der Waals surface area contributed by atoms with E-state index in [0.29, 0.717) is 5.70 Å². The summed E-state index contributed by atoms with van der Waals surface area (Å²) in [6, 6.07) is 12.4. The molecule has 6 heteroatoms. The van der Waals surface area contributed by atoms with E-state index >= 15 is 0 Å². The normalized spacial score (nSPS) is 16.8.